The van der Waals surface area contributed by atoms with Crippen LogP contribution in [0.4, 0.5) is 0 Å². The molecule has 1 spiro atoms. The Balaban J connectivity index is 2.15. The standard InChI is InChI=1S/C30H48BrN3O5/c1-8-12-20(7)33(15-11-4)29(38)26-30-17-22(31)25(39-30)23(27(36)32(13-9-2)14-10-3)24(30)28(37)34(26)21(18-35)16-19(5)6/h9,11,19-26,35H,2,4,8,10,12-18H2,1,3,5-7H3/t20?,21-,22?,23-,24+,25-,26?,30?/m1/s1. The predicted octanol–water partition coefficient (Wildman–Crippen LogP) is 3.77. The minimum atomic E-state index is -1.14. The molecular formula is C30H48BrN3O5. The summed E-state index contributed by atoms with van der Waals surface area (Å²) in [6.07, 6.45) is 6.39. The molecule has 220 valence electrons. The lowest BCUT2D eigenvalue weighted by Gasteiger charge is -2.41. The molecule has 2 bridgehead atoms. The third kappa shape index (κ3) is 5.73. The number of hydrogen-bond donors (Lipinski definition) is 1. The number of hydrogen-bond acceptors (Lipinski definition) is 5. The first kappa shape index (κ1) is 31.8. The zero-order valence-corrected chi connectivity index (χ0v) is 25.9. The quantitative estimate of drug-likeness (QED) is 0.225. The van der Waals surface area contributed by atoms with Gasteiger partial charge in [0.25, 0.3) is 0 Å². The number of nitrogens with zero attached hydrogens (tertiary/aromatic N) is 3. The van der Waals surface area contributed by atoms with Crippen molar-refractivity contribution in [3.8, 4) is 0 Å². The van der Waals surface area contributed by atoms with Crippen LogP contribution in [-0.4, -0.2) is 98.4 Å². The van der Waals surface area contributed by atoms with Crippen molar-refractivity contribution in [1.82, 2.24) is 14.7 Å². The molecule has 0 aromatic rings. The van der Waals surface area contributed by atoms with Gasteiger partial charge in [-0.3, -0.25) is 14.4 Å². The van der Waals surface area contributed by atoms with Crippen LogP contribution in [-0.2, 0) is 19.1 Å². The molecule has 3 aliphatic rings. The average Bonchev–Trinajstić information content (AvgIpc) is 3.48. The fourth-order valence-electron chi connectivity index (χ4n) is 7.13. The zero-order valence-electron chi connectivity index (χ0n) is 24.4. The van der Waals surface area contributed by atoms with Gasteiger partial charge in [0.15, 0.2) is 0 Å². The summed E-state index contributed by atoms with van der Waals surface area (Å²) in [4.78, 5) is 48.0. The van der Waals surface area contributed by atoms with E-state index in [2.05, 4.69) is 36.0 Å². The van der Waals surface area contributed by atoms with Crippen LogP contribution >= 0.6 is 15.9 Å². The van der Waals surface area contributed by atoms with Gasteiger partial charge in [-0.2, -0.15) is 0 Å². The van der Waals surface area contributed by atoms with Crippen molar-refractivity contribution in [3.63, 3.8) is 0 Å². The first-order valence-corrected chi connectivity index (χ1v) is 15.5. The molecule has 3 fully saturated rings. The topological polar surface area (TPSA) is 90.4 Å². The van der Waals surface area contributed by atoms with E-state index in [1.165, 1.54) is 0 Å². The summed E-state index contributed by atoms with van der Waals surface area (Å²) in [6, 6.07) is -1.54. The highest BCUT2D eigenvalue weighted by Crippen LogP contribution is 2.61. The summed E-state index contributed by atoms with van der Waals surface area (Å²) in [5, 5.41) is 10.5. The number of ether oxygens (including phenoxy) is 1. The molecule has 39 heavy (non-hydrogen) atoms. The average molecular weight is 611 g/mol. The molecule has 3 amide bonds. The molecule has 8 nitrogen and oxygen atoms in total. The van der Waals surface area contributed by atoms with Gasteiger partial charge >= 0.3 is 0 Å². The predicted molar refractivity (Wildman–Crippen MR) is 156 cm³/mol. The largest absolute Gasteiger partial charge is 0.394 e. The number of aliphatic hydroxyl groups excluding tert-OH is 1. The molecule has 3 rings (SSSR count). The Labute approximate surface area is 242 Å². The highest BCUT2D eigenvalue weighted by molar-refractivity contribution is 9.09. The van der Waals surface area contributed by atoms with E-state index in [4.69, 9.17) is 4.74 Å². The number of alkyl halides is 1. The smallest absolute Gasteiger partial charge is 0.248 e. The number of carbonyl (C=O) groups excluding carboxylic acids is 3. The maximum absolute atomic E-state index is 14.6. The van der Waals surface area contributed by atoms with Crippen molar-refractivity contribution < 1.29 is 24.2 Å². The first-order valence-electron chi connectivity index (χ1n) is 14.6. The van der Waals surface area contributed by atoms with Crippen LogP contribution < -0.4 is 0 Å². The lowest BCUT2D eigenvalue weighted by Crippen LogP contribution is -2.60. The van der Waals surface area contributed by atoms with Crippen molar-refractivity contribution >= 4 is 33.7 Å². The third-order valence-corrected chi connectivity index (χ3v) is 9.44. The third-order valence-electron chi connectivity index (χ3n) is 8.60. The van der Waals surface area contributed by atoms with Gasteiger partial charge in [-0.1, -0.05) is 62.2 Å². The Morgan fingerprint density at radius 3 is 2.38 bits per heavy atom. The van der Waals surface area contributed by atoms with Crippen molar-refractivity contribution in [2.24, 2.45) is 17.8 Å². The number of amides is 3. The monoisotopic (exact) mass is 609 g/mol. The van der Waals surface area contributed by atoms with E-state index in [0.717, 1.165) is 19.3 Å². The molecule has 4 unspecified atom stereocenters. The molecular weight excluding hydrogens is 562 g/mol. The molecule has 3 saturated heterocycles. The molecule has 0 radical (unpaired) electrons. The van der Waals surface area contributed by atoms with Gasteiger partial charge in [0.1, 0.15) is 11.6 Å². The number of likely N-dealkylation sites (tertiary alicyclic amines) is 1. The maximum atomic E-state index is 14.6. The van der Waals surface area contributed by atoms with E-state index < -0.39 is 35.6 Å². The van der Waals surface area contributed by atoms with Crippen LogP contribution in [0.2, 0.25) is 0 Å². The Bertz CT molecular complexity index is 928. The van der Waals surface area contributed by atoms with Crippen molar-refractivity contribution in [2.75, 3.05) is 26.2 Å². The summed E-state index contributed by atoms with van der Waals surface area (Å²) in [6.45, 7) is 18.9. The lowest BCUT2D eigenvalue weighted by molar-refractivity contribution is -0.153. The van der Waals surface area contributed by atoms with Gasteiger partial charge in [-0.05, 0) is 38.5 Å². The minimum Gasteiger partial charge on any atom is -0.394 e. The lowest BCUT2D eigenvalue weighted by atomic mass is 9.70. The van der Waals surface area contributed by atoms with Gasteiger partial charge in [0, 0.05) is 30.5 Å². The Morgan fingerprint density at radius 1 is 1.18 bits per heavy atom. The Kier molecular flexibility index (Phi) is 10.9. The number of fused-ring (bicyclic) bond motifs is 1. The van der Waals surface area contributed by atoms with Gasteiger partial charge < -0.3 is 24.5 Å². The first-order chi connectivity index (χ1) is 18.5. The SMILES string of the molecule is C=CCN(CCC)C(=O)[C@H]1[C@@H]2OC3(CC2Br)C(C(=O)N(CC=C)C(C)CCC)N([C@@H](CO)CC(C)C)C(=O)[C@H]13. The van der Waals surface area contributed by atoms with Gasteiger partial charge in [-0.15, -0.1) is 13.2 Å². The van der Waals surface area contributed by atoms with E-state index in [0.29, 0.717) is 32.5 Å². The highest BCUT2D eigenvalue weighted by Gasteiger charge is 2.77. The maximum Gasteiger partial charge on any atom is 0.248 e. The van der Waals surface area contributed by atoms with Crippen molar-refractivity contribution in [3.05, 3.63) is 25.3 Å². The normalized spacial score (nSPS) is 30.8. The number of aliphatic hydroxyl groups is 1. The van der Waals surface area contributed by atoms with Crippen LogP contribution in [0, 0.1) is 17.8 Å². The highest BCUT2D eigenvalue weighted by atomic mass is 79.9. The summed E-state index contributed by atoms with van der Waals surface area (Å²) < 4.78 is 6.70. The molecule has 1 N–H and O–H groups in total. The Morgan fingerprint density at radius 2 is 1.85 bits per heavy atom. The van der Waals surface area contributed by atoms with Crippen LogP contribution in [0.15, 0.2) is 25.3 Å². The van der Waals surface area contributed by atoms with Crippen LogP contribution in [0.3, 0.4) is 0 Å². The van der Waals surface area contributed by atoms with Gasteiger partial charge in [0.05, 0.1) is 30.6 Å². The van der Waals surface area contributed by atoms with Gasteiger partial charge in [0.2, 0.25) is 17.7 Å². The fourth-order valence-corrected chi connectivity index (χ4v) is 8.07. The second-order valence-electron chi connectivity index (χ2n) is 11.9. The van der Waals surface area contributed by atoms with Crippen molar-refractivity contribution in [2.45, 2.75) is 101 Å². The molecule has 0 aliphatic carbocycles. The summed E-state index contributed by atoms with van der Waals surface area (Å²) in [5.74, 6) is -1.88. The van der Waals surface area contributed by atoms with Gasteiger partial charge in [-0.25, -0.2) is 0 Å². The van der Waals surface area contributed by atoms with E-state index >= 15 is 0 Å². The van der Waals surface area contributed by atoms with Crippen LogP contribution in [0.25, 0.3) is 0 Å². The number of halogens is 1. The van der Waals surface area contributed by atoms with E-state index in [1.54, 1.807) is 26.9 Å². The molecule has 0 aromatic carbocycles. The minimum absolute atomic E-state index is 0.0611. The summed E-state index contributed by atoms with van der Waals surface area (Å²) >= 11 is 3.76. The second-order valence-corrected chi connectivity index (χ2v) is 13.0. The second kappa shape index (κ2) is 13.3. The van der Waals surface area contributed by atoms with Crippen LogP contribution in [0.1, 0.15) is 66.7 Å². The number of rotatable bonds is 15. The Hall–Kier alpha value is -1.71. The van der Waals surface area contributed by atoms with E-state index in [1.807, 2.05) is 27.7 Å². The van der Waals surface area contributed by atoms with Crippen LogP contribution in [0.5, 0.6) is 0 Å². The molecule has 0 aromatic heterocycles. The summed E-state index contributed by atoms with van der Waals surface area (Å²) in [5.41, 5.74) is -1.14. The van der Waals surface area contributed by atoms with E-state index in [-0.39, 0.29) is 41.1 Å². The van der Waals surface area contributed by atoms with E-state index in [9.17, 15) is 19.5 Å². The molecule has 8 atom stereocenters. The molecule has 9 heteroatoms. The number of carbonyl (C=O) groups is 3. The zero-order chi connectivity index (χ0) is 29.1. The molecule has 0 saturated carbocycles. The van der Waals surface area contributed by atoms with Crippen molar-refractivity contribution in [1.29, 1.82) is 0 Å². The molecule has 3 aliphatic heterocycles. The molecule has 3 heterocycles. The fraction of sp³-hybridized carbons (Fsp3) is 0.767. The summed E-state index contributed by atoms with van der Waals surface area (Å²) in [7, 11) is 0.